The van der Waals surface area contributed by atoms with E-state index in [1.807, 2.05) is 55.5 Å². The zero-order valence-corrected chi connectivity index (χ0v) is 14.1. The van der Waals surface area contributed by atoms with Crippen LogP contribution in [0.2, 0.25) is 0 Å². The fourth-order valence-electron chi connectivity index (χ4n) is 2.41. The zero-order valence-electron chi connectivity index (χ0n) is 14.1. The van der Waals surface area contributed by atoms with Gasteiger partial charge in [-0.2, -0.15) is 0 Å². The van der Waals surface area contributed by atoms with Crippen LogP contribution in [0.5, 0.6) is 11.5 Å². The third-order valence-corrected chi connectivity index (χ3v) is 3.72. The van der Waals surface area contributed by atoms with Gasteiger partial charge in [-0.1, -0.05) is 36.4 Å². The summed E-state index contributed by atoms with van der Waals surface area (Å²) in [7, 11) is 3.40. The van der Waals surface area contributed by atoms with Gasteiger partial charge in [0.05, 0.1) is 7.11 Å². The highest BCUT2D eigenvalue weighted by Crippen LogP contribution is 2.21. The molecule has 2 aromatic carbocycles. The molecule has 0 bridgehead atoms. The Morgan fingerprint density at radius 3 is 2.35 bits per heavy atom. The number of para-hydroxylation sites is 2. The number of hydrogen-bond donors (Lipinski definition) is 0. The first-order valence-electron chi connectivity index (χ1n) is 7.62. The standard InChI is InChI=1S/C19H23NO3/c1-14-9-5-7-11-17(14)23-15(2)19(21)20(3)13-16-10-6-8-12-18(16)22-4/h5-12,15H,13H2,1-4H3. The van der Waals surface area contributed by atoms with E-state index in [4.69, 9.17) is 9.47 Å². The molecule has 0 saturated carbocycles. The van der Waals surface area contributed by atoms with Crippen LogP contribution in [0.25, 0.3) is 0 Å². The van der Waals surface area contributed by atoms with Gasteiger partial charge in [-0.25, -0.2) is 0 Å². The van der Waals surface area contributed by atoms with Crippen LogP contribution in [0.4, 0.5) is 0 Å². The Labute approximate surface area is 137 Å². The van der Waals surface area contributed by atoms with Crippen molar-refractivity contribution in [3.8, 4) is 11.5 Å². The van der Waals surface area contributed by atoms with Gasteiger partial charge in [-0.3, -0.25) is 4.79 Å². The van der Waals surface area contributed by atoms with Crippen LogP contribution < -0.4 is 9.47 Å². The minimum atomic E-state index is -0.546. The highest BCUT2D eigenvalue weighted by Gasteiger charge is 2.20. The van der Waals surface area contributed by atoms with Crippen molar-refractivity contribution in [2.24, 2.45) is 0 Å². The van der Waals surface area contributed by atoms with E-state index < -0.39 is 6.10 Å². The summed E-state index contributed by atoms with van der Waals surface area (Å²) >= 11 is 0. The molecule has 1 atom stereocenters. The van der Waals surface area contributed by atoms with Crippen molar-refractivity contribution in [1.82, 2.24) is 4.90 Å². The molecular weight excluding hydrogens is 290 g/mol. The summed E-state index contributed by atoms with van der Waals surface area (Å²) in [5, 5.41) is 0. The number of methoxy groups -OCH3 is 1. The van der Waals surface area contributed by atoms with Gasteiger partial charge in [0, 0.05) is 19.2 Å². The van der Waals surface area contributed by atoms with Crippen molar-refractivity contribution in [2.45, 2.75) is 26.5 Å². The summed E-state index contributed by atoms with van der Waals surface area (Å²) in [6.07, 6.45) is -0.546. The van der Waals surface area contributed by atoms with Gasteiger partial charge in [0.25, 0.3) is 5.91 Å². The summed E-state index contributed by atoms with van der Waals surface area (Å²) in [4.78, 5) is 14.2. The van der Waals surface area contributed by atoms with Gasteiger partial charge < -0.3 is 14.4 Å². The number of amides is 1. The van der Waals surface area contributed by atoms with Gasteiger partial charge in [0.2, 0.25) is 0 Å². The van der Waals surface area contributed by atoms with Crippen molar-refractivity contribution in [1.29, 1.82) is 0 Å². The molecule has 0 radical (unpaired) electrons. The molecule has 1 unspecified atom stereocenters. The van der Waals surface area contributed by atoms with E-state index in [-0.39, 0.29) is 5.91 Å². The maximum Gasteiger partial charge on any atom is 0.263 e. The van der Waals surface area contributed by atoms with Crippen LogP contribution in [0.15, 0.2) is 48.5 Å². The molecule has 2 aromatic rings. The van der Waals surface area contributed by atoms with E-state index in [1.165, 1.54) is 0 Å². The lowest BCUT2D eigenvalue weighted by Gasteiger charge is -2.23. The van der Waals surface area contributed by atoms with E-state index in [1.54, 1.807) is 26.0 Å². The topological polar surface area (TPSA) is 38.8 Å². The van der Waals surface area contributed by atoms with Gasteiger partial charge in [0.1, 0.15) is 11.5 Å². The number of benzene rings is 2. The van der Waals surface area contributed by atoms with Crippen molar-refractivity contribution in [3.05, 3.63) is 59.7 Å². The number of ether oxygens (including phenoxy) is 2. The predicted molar refractivity (Wildman–Crippen MR) is 90.7 cm³/mol. The highest BCUT2D eigenvalue weighted by atomic mass is 16.5. The number of nitrogens with zero attached hydrogens (tertiary/aromatic N) is 1. The van der Waals surface area contributed by atoms with E-state index in [0.717, 1.165) is 22.6 Å². The molecule has 0 aliphatic carbocycles. The Bertz CT molecular complexity index is 669. The second-order valence-electron chi connectivity index (χ2n) is 5.53. The van der Waals surface area contributed by atoms with Gasteiger partial charge in [-0.05, 0) is 31.5 Å². The number of likely N-dealkylation sites (N-methyl/N-ethyl adjacent to an activating group) is 1. The SMILES string of the molecule is COc1ccccc1CN(C)C(=O)C(C)Oc1ccccc1C. The molecule has 0 spiro atoms. The quantitative estimate of drug-likeness (QED) is 0.820. The minimum absolute atomic E-state index is 0.0702. The molecule has 0 N–H and O–H groups in total. The molecule has 2 rings (SSSR count). The van der Waals surface area contributed by atoms with Crippen LogP contribution in [0.1, 0.15) is 18.1 Å². The fraction of sp³-hybridized carbons (Fsp3) is 0.316. The minimum Gasteiger partial charge on any atom is -0.496 e. The summed E-state index contributed by atoms with van der Waals surface area (Å²) in [6, 6.07) is 15.4. The van der Waals surface area contributed by atoms with Gasteiger partial charge in [-0.15, -0.1) is 0 Å². The van der Waals surface area contributed by atoms with E-state index in [2.05, 4.69) is 0 Å². The number of carbonyl (C=O) groups is 1. The van der Waals surface area contributed by atoms with Crippen LogP contribution >= 0.6 is 0 Å². The molecule has 1 amide bonds. The summed E-state index contributed by atoms with van der Waals surface area (Å²) in [5.74, 6) is 1.44. The molecule has 0 aromatic heterocycles. The van der Waals surface area contributed by atoms with Crippen LogP contribution in [0, 0.1) is 6.92 Å². The number of hydrogen-bond acceptors (Lipinski definition) is 3. The summed E-state index contributed by atoms with van der Waals surface area (Å²) in [6.45, 7) is 4.21. The summed E-state index contributed by atoms with van der Waals surface area (Å²) < 4.78 is 11.1. The Morgan fingerprint density at radius 1 is 1.09 bits per heavy atom. The normalized spacial score (nSPS) is 11.7. The molecule has 4 nitrogen and oxygen atoms in total. The molecule has 122 valence electrons. The lowest BCUT2D eigenvalue weighted by Crippen LogP contribution is -2.37. The van der Waals surface area contributed by atoms with Gasteiger partial charge >= 0.3 is 0 Å². The second kappa shape index (κ2) is 7.68. The van der Waals surface area contributed by atoms with E-state index in [0.29, 0.717) is 6.54 Å². The maximum atomic E-state index is 12.5. The van der Waals surface area contributed by atoms with Crippen LogP contribution in [0.3, 0.4) is 0 Å². The fourth-order valence-corrected chi connectivity index (χ4v) is 2.41. The smallest absolute Gasteiger partial charge is 0.263 e. The molecular formula is C19H23NO3. The van der Waals surface area contributed by atoms with Crippen molar-refractivity contribution < 1.29 is 14.3 Å². The van der Waals surface area contributed by atoms with Gasteiger partial charge in [0.15, 0.2) is 6.10 Å². The number of aryl methyl sites for hydroxylation is 1. The van der Waals surface area contributed by atoms with Crippen LogP contribution in [-0.2, 0) is 11.3 Å². The Balaban J connectivity index is 2.03. The molecule has 0 aliphatic rings. The predicted octanol–water partition coefficient (Wildman–Crippen LogP) is 3.43. The average Bonchev–Trinajstić information content (AvgIpc) is 2.56. The summed E-state index contributed by atoms with van der Waals surface area (Å²) in [5.41, 5.74) is 1.98. The number of rotatable bonds is 6. The molecule has 0 aliphatic heterocycles. The maximum absolute atomic E-state index is 12.5. The highest BCUT2D eigenvalue weighted by molar-refractivity contribution is 5.80. The molecule has 0 heterocycles. The second-order valence-corrected chi connectivity index (χ2v) is 5.53. The Morgan fingerprint density at radius 2 is 1.70 bits per heavy atom. The first-order chi connectivity index (χ1) is 11.0. The largest absolute Gasteiger partial charge is 0.496 e. The number of carbonyl (C=O) groups excluding carboxylic acids is 1. The third-order valence-electron chi connectivity index (χ3n) is 3.72. The lowest BCUT2D eigenvalue weighted by atomic mass is 10.2. The third kappa shape index (κ3) is 4.25. The molecule has 0 fully saturated rings. The van der Waals surface area contributed by atoms with Crippen molar-refractivity contribution in [2.75, 3.05) is 14.2 Å². The lowest BCUT2D eigenvalue weighted by molar-refractivity contribution is -0.137. The van der Waals surface area contributed by atoms with E-state index in [9.17, 15) is 4.79 Å². The monoisotopic (exact) mass is 313 g/mol. The van der Waals surface area contributed by atoms with Crippen molar-refractivity contribution in [3.63, 3.8) is 0 Å². The average molecular weight is 313 g/mol. The first kappa shape index (κ1) is 16.9. The molecule has 4 heteroatoms. The molecule has 0 saturated heterocycles. The first-order valence-corrected chi connectivity index (χ1v) is 7.62. The van der Waals surface area contributed by atoms with E-state index >= 15 is 0 Å². The molecule has 23 heavy (non-hydrogen) atoms. The Kier molecular flexibility index (Phi) is 5.63. The Hall–Kier alpha value is -2.49. The zero-order chi connectivity index (χ0) is 16.8. The van der Waals surface area contributed by atoms with Crippen LogP contribution in [-0.4, -0.2) is 31.1 Å². The van der Waals surface area contributed by atoms with Crippen molar-refractivity contribution >= 4 is 5.91 Å².